The fourth-order valence-electron chi connectivity index (χ4n) is 4.20. The lowest BCUT2D eigenvalue weighted by Crippen LogP contribution is -2.33. The molecule has 0 bridgehead atoms. The SMILES string of the molecule is CC#Cc1cccc2nc(C(C)NC(=O)c3c(C)nn4cccnc34)n(-c3ccccc3)c(=O)c12. The van der Waals surface area contributed by atoms with Crippen molar-refractivity contribution in [3.05, 3.63) is 100.0 Å². The van der Waals surface area contributed by atoms with E-state index in [4.69, 9.17) is 4.98 Å². The molecule has 0 aliphatic heterocycles. The molecule has 0 aliphatic carbocycles. The molecule has 1 amide bonds. The van der Waals surface area contributed by atoms with Gasteiger partial charge in [0, 0.05) is 18.0 Å². The van der Waals surface area contributed by atoms with Crippen LogP contribution >= 0.6 is 0 Å². The zero-order valence-electron chi connectivity index (χ0n) is 19.5. The maximum absolute atomic E-state index is 13.8. The predicted molar refractivity (Wildman–Crippen MR) is 133 cm³/mol. The average Bonchev–Trinajstić information content (AvgIpc) is 3.20. The third-order valence-corrected chi connectivity index (χ3v) is 5.73. The van der Waals surface area contributed by atoms with Gasteiger partial charge in [-0.05, 0) is 51.1 Å². The van der Waals surface area contributed by atoms with Crippen molar-refractivity contribution in [1.29, 1.82) is 0 Å². The second kappa shape index (κ2) is 8.88. The lowest BCUT2D eigenvalue weighted by molar-refractivity contribution is 0.0938. The van der Waals surface area contributed by atoms with Crippen molar-refractivity contribution < 1.29 is 4.79 Å². The van der Waals surface area contributed by atoms with Crippen molar-refractivity contribution in [2.75, 3.05) is 0 Å². The largest absolute Gasteiger partial charge is 0.342 e. The molecule has 5 rings (SSSR count). The molecular formula is C27H22N6O2. The van der Waals surface area contributed by atoms with E-state index in [1.54, 1.807) is 49.8 Å². The number of carbonyl (C=O) groups is 1. The van der Waals surface area contributed by atoms with Crippen molar-refractivity contribution in [3.8, 4) is 17.5 Å². The van der Waals surface area contributed by atoms with Gasteiger partial charge in [-0.15, -0.1) is 5.92 Å². The van der Waals surface area contributed by atoms with Crippen LogP contribution in [-0.4, -0.2) is 30.1 Å². The highest BCUT2D eigenvalue weighted by atomic mass is 16.2. The van der Waals surface area contributed by atoms with Crippen LogP contribution in [0.2, 0.25) is 0 Å². The number of aryl methyl sites for hydroxylation is 1. The summed E-state index contributed by atoms with van der Waals surface area (Å²) in [5.74, 6) is 5.93. The Morgan fingerprint density at radius 3 is 2.66 bits per heavy atom. The third-order valence-electron chi connectivity index (χ3n) is 5.73. The van der Waals surface area contributed by atoms with E-state index in [1.165, 1.54) is 4.57 Å². The van der Waals surface area contributed by atoms with Crippen molar-refractivity contribution in [2.45, 2.75) is 26.8 Å². The Bertz CT molecular complexity index is 1710. The highest BCUT2D eigenvalue weighted by molar-refractivity contribution is 6.01. The van der Waals surface area contributed by atoms with Gasteiger partial charge in [0.05, 0.1) is 28.3 Å². The molecule has 1 atom stereocenters. The number of fused-ring (bicyclic) bond motifs is 2. The zero-order chi connectivity index (χ0) is 24.5. The minimum absolute atomic E-state index is 0.246. The lowest BCUT2D eigenvalue weighted by Gasteiger charge is -2.20. The molecule has 35 heavy (non-hydrogen) atoms. The molecule has 3 aromatic heterocycles. The van der Waals surface area contributed by atoms with Crippen LogP contribution in [0.15, 0.2) is 71.8 Å². The van der Waals surface area contributed by atoms with Crippen LogP contribution in [0.3, 0.4) is 0 Å². The average molecular weight is 463 g/mol. The van der Waals surface area contributed by atoms with Crippen molar-refractivity contribution in [3.63, 3.8) is 0 Å². The molecule has 8 nitrogen and oxygen atoms in total. The van der Waals surface area contributed by atoms with Gasteiger partial charge in [0.2, 0.25) is 0 Å². The van der Waals surface area contributed by atoms with Crippen molar-refractivity contribution in [2.24, 2.45) is 0 Å². The molecule has 0 spiro atoms. The first kappa shape index (κ1) is 22.0. The molecule has 172 valence electrons. The Labute approximate surface area is 201 Å². The second-order valence-electron chi connectivity index (χ2n) is 8.06. The number of benzene rings is 2. The van der Waals surface area contributed by atoms with Gasteiger partial charge in [0.15, 0.2) is 5.65 Å². The molecule has 0 aliphatic rings. The molecular weight excluding hydrogens is 440 g/mol. The number of rotatable bonds is 4. The first-order valence-electron chi connectivity index (χ1n) is 11.1. The molecule has 0 radical (unpaired) electrons. The smallest absolute Gasteiger partial charge is 0.267 e. The van der Waals surface area contributed by atoms with Crippen molar-refractivity contribution in [1.82, 2.24) is 29.5 Å². The minimum atomic E-state index is -0.598. The summed E-state index contributed by atoms with van der Waals surface area (Å²) in [5.41, 5.74) is 2.94. The van der Waals surface area contributed by atoms with Crippen LogP contribution in [0, 0.1) is 18.8 Å². The van der Waals surface area contributed by atoms with Crippen LogP contribution in [0.25, 0.3) is 22.2 Å². The Morgan fingerprint density at radius 1 is 1.09 bits per heavy atom. The summed E-state index contributed by atoms with van der Waals surface area (Å²) < 4.78 is 3.11. The maximum atomic E-state index is 13.8. The lowest BCUT2D eigenvalue weighted by atomic mass is 10.1. The van der Waals surface area contributed by atoms with E-state index in [9.17, 15) is 9.59 Å². The maximum Gasteiger partial charge on any atom is 0.267 e. The van der Waals surface area contributed by atoms with Crippen LogP contribution in [0.1, 0.15) is 47.3 Å². The van der Waals surface area contributed by atoms with E-state index in [2.05, 4.69) is 27.2 Å². The van der Waals surface area contributed by atoms with E-state index in [-0.39, 0.29) is 11.5 Å². The summed E-state index contributed by atoms with van der Waals surface area (Å²) in [5, 5.41) is 7.80. The Kier molecular flexibility index (Phi) is 5.59. The number of amides is 1. The zero-order valence-corrected chi connectivity index (χ0v) is 19.5. The minimum Gasteiger partial charge on any atom is -0.342 e. The number of nitrogens with zero attached hydrogens (tertiary/aromatic N) is 5. The molecule has 1 unspecified atom stereocenters. The predicted octanol–water partition coefficient (Wildman–Crippen LogP) is 3.60. The molecule has 3 heterocycles. The number of carbonyl (C=O) groups excluding carboxylic acids is 1. The van der Waals surface area contributed by atoms with Crippen LogP contribution < -0.4 is 10.9 Å². The number of hydrogen-bond donors (Lipinski definition) is 1. The van der Waals surface area contributed by atoms with Crippen LogP contribution in [0.5, 0.6) is 0 Å². The summed E-state index contributed by atoms with van der Waals surface area (Å²) in [6.45, 7) is 5.29. The number of nitrogens with one attached hydrogen (secondary N) is 1. The summed E-state index contributed by atoms with van der Waals surface area (Å²) in [6.07, 6.45) is 3.36. The first-order valence-corrected chi connectivity index (χ1v) is 11.1. The Morgan fingerprint density at radius 2 is 1.89 bits per heavy atom. The van der Waals surface area contributed by atoms with Crippen LogP contribution in [0.4, 0.5) is 0 Å². The summed E-state index contributed by atoms with van der Waals surface area (Å²) in [7, 11) is 0. The molecule has 1 N–H and O–H groups in total. The second-order valence-corrected chi connectivity index (χ2v) is 8.06. The highest BCUT2D eigenvalue weighted by Gasteiger charge is 2.24. The van der Waals surface area contributed by atoms with Gasteiger partial charge < -0.3 is 5.32 Å². The normalized spacial score (nSPS) is 11.7. The number of aromatic nitrogens is 5. The molecule has 8 heteroatoms. The standard InChI is InChI=1S/C27H22N6O2/c1-4-10-19-11-8-14-21-23(19)27(35)33(20-12-6-5-7-13-20)24(30-21)18(3)29-26(34)22-17(2)31-32-16-9-15-28-25(22)32/h5-9,11-16,18H,1-3H3,(H,29,34). The summed E-state index contributed by atoms with van der Waals surface area (Å²) in [4.78, 5) is 36.3. The van der Waals surface area contributed by atoms with Crippen LogP contribution in [-0.2, 0) is 0 Å². The Balaban J connectivity index is 1.66. The fourth-order valence-corrected chi connectivity index (χ4v) is 4.20. The van der Waals surface area contributed by atoms with Gasteiger partial charge in [0.25, 0.3) is 11.5 Å². The fraction of sp³-hybridized carbons (Fsp3) is 0.148. The summed E-state index contributed by atoms with van der Waals surface area (Å²) in [6, 6.07) is 15.8. The molecule has 2 aromatic carbocycles. The van der Waals surface area contributed by atoms with Crippen molar-refractivity contribution >= 4 is 22.5 Å². The van der Waals surface area contributed by atoms with Gasteiger partial charge in [-0.25, -0.2) is 14.5 Å². The van der Waals surface area contributed by atoms with Gasteiger partial charge in [0.1, 0.15) is 11.4 Å². The van der Waals surface area contributed by atoms with E-state index < -0.39 is 6.04 Å². The highest BCUT2D eigenvalue weighted by Crippen LogP contribution is 2.21. The molecule has 0 saturated heterocycles. The van der Waals surface area contributed by atoms with E-state index in [0.29, 0.717) is 44.9 Å². The quantitative estimate of drug-likeness (QED) is 0.412. The van der Waals surface area contributed by atoms with Gasteiger partial charge >= 0.3 is 0 Å². The Hall–Kier alpha value is -4.77. The third kappa shape index (κ3) is 3.83. The van der Waals surface area contributed by atoms with Gasteiger partial charge in [-0.1, -0.05) is 30.2 Å². The van der Waals surface area contributed by atoms with E-state index in [1.807, 2.05) is 42.5 Å². The molecule has 0 saturated carbocycles. The number of hydrogen-bond acceptors (Lipinski definition) is 5. The molecule has 5 aromatic rings. The summed E-state index contributed by atoms with van der Waals surface area (Å²) >= 11 is 0. The van der Waals surface area contributed by atoms with E-state index in [0.717, 1.165) is 0 Å². The monoisotopic (exact) mass is 462 g/mol. The van der Waals surface area contributed by atoms with E-state index >= 15 is 0 Å². The van der Waals surface area contributed by atoms with Gasteiger partial charge in [-0.2, -0.15) is 5.10 Å². The topological polar surface area (TPSA) is 94.2 Å². The number of para-hydroxylation sites is 1. The molecule has 0 fully saturated rings. The van der Waals surface area contributed by atoms with Gasteiger partial charge in [-0.3, -0.25) is 14.2 Å². The first-order chi connectivity index (χ1) is 17.0.